The maximum atomic E-state index is 12.8. The van der Waals surface area contributed by atoms with Gasteiger partial charge in [0.15, 0.2) is 6.29 Å². The molecule has 8 rings (SSSR count). The first-order valence-electron chi connectivity index (χ1n) is 18.6. The highest BCUT2D eigenvalue weighted by Gasteiger charge is 2.33. The van der Waals surface area contributed by atoms with E-state index in [1.54, 1.807) is 16.8 Å². The average Bonchev–Trinajstić information content (AvgIpc) is 3.75. The minimum Gasteiger partial charge on any atom is -0.457 e. The van der Waals surface area contributed by atoms with Crippen molar-refractivity contribution >= 4 is 23.5 Å². The van der Waals surface area contributed by atoms with Crippen molar-refractivity contribution < 1.29 is 24.1 Å². The molecule has 1 saturated heterocycles. The lowest BCUT2D eigenvalue weighted by Crippen LogP contribution is -2.31. The second-order valence-electron chi connectivity index (χ2n) is 13.4. The van der Waals surface area contributed by atoms with Crippen molar-refractivity contribution in [1.29, 1.82) is 0 Å². The van der Waals surface area contributed by atoms with Crippen LogP contribution in [0.25, 0.3) is 16.8 Å². The van der Waals surface area contributed by atoms with Crippen LogP contribution < -0.4 is 15.4 Å². The number of aliphatic hydroxyl groups is 1. The SMILES string of the molecule is O=C(NCc1cccc(-c2cccc([C@@H]3O[C@H](CSc4nnnn4-c4ccccc4)C[C@H](c4ccc(CO)cc4)O3)c2)c1)Nc1ccc(Oc2ccccc2)cc1. The lowest BCUT2D eigenvalue weighted by Gasteiger charge is -2.36. The number of aromatic nitrogens is 4. The Morgan fingerprint density at radius 2 is 1.47 bits per heavy atom. The second kappa shape index (κ2) is 18.1. The fourth-order valence-electron chi connectivity index (χ4n) is 6.50. The molecule has 286 valence electrons. The number of benzene rings is 6. The van der Waals surface area contributed by atoms with Gasteiger partial charge in [-0.05, 0) is 98.9 Å². The zero-order chi connectivity index (χ0) is 38.8. The summed E-state index contributed by atoms with van der Waals surface area (Å²) in [6.07, 6.45) is -0.422. The van der Waals surface area contributed by atoms with E-state index in [0.717, 1.165) is 44.8 Å². The number of urea groups is 1. The summed E-state index contributed by atoms with van der Waals surface area (Å²) in [6, 6.07) is 50.4. The van der Waals surface area contributed by atoms with Crippen molar-refractivity contribution in [3.05, 3.63) is 180 Å². The number of nitrogens with one attached hydrogen (secondary N) is 2. The molecule has 2 amide bonds. The normalized spacial score (nSPS) is 16.5. The van der Waals surface area contributed by atoms with E-state index in [4.69, 9.17) is 14.2 Å². The predicted octanol–water partition coefficient (Wildman–Crippen LogP) is 9.27. The van der Waals surface area contributed by atoms with Crippen LogP contribution in [0.4, 0.5) is 10.5 Å². The highest BCUT2D eigenvalue weighted by molar-refractivity contribution is 7.99. The number of tetrazole rings is 1. The maximum Gasteiger partial charge on any atom is 0.319 e. The van der Waals surface area contributed by atoms with Gasteiger partial charge in [-0.3, -0.25) is 0 Å². The zero-order valence-corrected chi connectivity index (χ0v) is 31.7. The third kappa shape index (κ3) is 9.74. The topological polar surface area (TPSA) is 133 Å². The summed E-state index contributed by atoms with van der Waals surface area (Å²) in [6.45, 7) is 0.317. The van der Waals surface area contributed by atoms with E-state index in [0.29, 0.717) is 35.3 Å². The molecule has 0 saturated carbocycles. The number of rotatable bonds is 13. The number of carbonyl (C=O) groups is 1. The van der Waals surface area contributed by atoms with Crippen LogP contribution in [-0.2, 0) is 22.6 Å². The molecule has 0 spiro atoms. The average molecular weight is 777 g/mol. The number of para-hydroxylation sites is 2. The van der Waals surface area contributed by atoms with Gasteiger partial charge >= 0.3 is 6.03 Å². The highest BCUT2D eigenvalue weighted by Crippen LogP contribution is 2.40. The predicted molar refractivity (Wildman–Crippen MR) is 219 cm³/mol. The summed E-state index contributed by atoms with van der Waals surface area (Å²) in [7, 11) is 0. The van der Waals surface area contributed by atoms with Crippen molar-refractivity contribution in [2.45, 2.75) is 43.2 Å². The fourth-order valence-corrected chi connectivity index (χ4v) is 7.41. The van der Waals surface area contributed by atoms with Gasteiger partial charge in [0.05, 0.1) is 24.5 Å². The van der Waals surface area contributed by atoms with Crippen LogP contribution in [0.15, 0.2) is 163 Å². The largest absolute Gasteiger partial charge is 0.457 e. The third-order valence-corrected chi connectivity index (χ3v) is 10.5. The van der Waals surface area contributed by atoms with Gasteiger partial charge in [-0.1, -0.05) is 109 Å². The number of nitrogens with zero attached hydrogens (tertiary/aromatic N) is 4. The molecule has 1 aromatic heterocycles. The highest BCUT2D eigenvalue weighted by atomic mass is 32.2. The first kappa shape index (κ1) is 37.6. The number of thioether (sulfide) groups is 1. The molecule has 0 radical (unpaired) electrons. The molecule has 0 unspecified atom stereocenters. The summed E-state index contributed by atoms with van der Waals surface area (Å²) < 4.78 is 20.9. The van der Waals surface area contributed by atoms with Crippen LogP contribution in [0.5, 0.6) is 11.5 Å². The molecule has 0 bridgehead atoms. The molecular weight excluding hydrogens is 737 g/mol. The van der Waals surface area contributed by atoms with Gasteiger partial charge in [0.25, 0.3) is 0 Å². The van der Waals surface area contributed by atoms with Gasteiger partial charge in [0.1, 0.15) is 11.5 Å². The zero-order valence-electron chi connectivity index (χ0n) is 30.8. The number of aliphatic hydroxyl groups excluding tert-OH is 1. The lowest BCUT2D eigenvalue weighted by molar-refractivity contribution is -0.245. The van der Waals surface area contributed by atoms with E-state index in [-0.39, 0.29) is 24.8 Å². The molecular formula is C45H40N6O5S. The van der Waals surface area contributed by atoms with Gasteiger partial charge in [0.2, 0.25) is 5.16 Å². The van der Waals surface area contributed by atoms with Crippen molar-refractivity contribution in [3.63, 3.8) is 0 Å². The Hall–Kier alpha value is -6.31. The van der Waals surface area contributed by atoms with Gasteiger partial charge in [-0.15, -0.1) is 5.10 Å². The van der Waals surface area contributed by atoms with Gasteiger partial charge in [-0.25, -0.2) is 4.79 Å². The standard InChI is InChI=1S/C45H40N6O5S/c52-29-31-17-19-33(20-18-31)42-27-41(30-57-45-48-49-50-51(45)38-13-3-1-4-14-38)55-43(56-42)36-12-8-11-35(26-36)34-10-7-9-32(25-34)28-46-44(53)47-37-21-23-40(24-22-37)54-39-15-5-2-6-16-39/h1-26,41-43,52H,27-30H2,(H2,46,47,53)/t41-,42+,43+/m0/s1. The van der Waals surface area contributed by atoms with Crippen LogP contribution in [-0.4, -0.2) is 43.2 Å². The Kier molecular flexibility index (Phi) is 11.9. The molecule has 1 aliphatic rings. The number of carbonyl (C=O) groups excluding carboxylic acids is 1. The van der Waals surface area contributed by atoms with Crippen LogP contribution in [0.2, 0.25) is 0 Å². The van der Waals surface area contributed by atoms with E-state index < -0.39 is 6.29 Å². The summed E-state index contributed by atoms with van der Waals surface area (Å²) in [5, 5.41) is 28.6. The van der Waals surface area contributed by atoms with E-state index in [9.17, 15) is 9.90 Å². The number of anilines is 1. The van der Waals surface area contributed by atoms with Crippen molar-refractivity contribution in [1.82, 2.24) is 25.5 Å². The Balaban J connectivity index is 0.932. The maximum absolute atomic E-state index is 12.8. The van der Waals surface area contributed by atoms with Crippen molar-refractivity contribution in [2.24, 2.45) is 0 Å². The third-order valence-electron chi connectivity index (χ3n) is 9.42. The fraction of sp³-hybridized carbons (Fsp3) is 0.156. The first-order chi connectivity index (χ1) is 28.1. The summed E-state index contributed by atoms with van der Waals surface area (Å²) in [5.41, 5.74) is 7.22. The molecule has 6 aromatic carbocycles. The summed E-state index contributed by atoms with van der Waals surface area (Å²) in [4.78, 5) is 12.8. The Morgan fingerprint density at radius 3 is 2.25 bits per heavy atom. The summed E-state index contributed by atoms with van der Waals surface area (Å²) >= 11 is 1.54. The number of hydrogen-bond acceptors (Lipinski definition) is 9. The van der Waals surface area contributed by atoms with Crippen molar-refractivity contribution in [3.8, 4) is 28.3 Å². The van der Waals surface area contributed by atoms with Crippen LogP contribution in [0, 0.1) is 0 Å². The molecule has 3 atom stereocenters. The minimum atomic E-state index is -0.635. The molecule has 1 fully saturated rings. The van der Waals surface area contributed by atoms with Gasteiger partial charge in [-0.2, -0.15) is 4.68 Å². The van der Waals surface area contributed by atoms with E-state index in [2.05, 4.69) is 44.4 Å². The van der Waals surface area contributed by atoms with E-state index in [1.807, 2.05) is 127 Å². The van der Waals surface area contributed by atoms with Gasteiger partial charge in [0, 0.05) is 30.0 Å². The molecule has 12 heteroatoms. The number of amides is 2. The molecule has 11 nitrogen and oxygen atoms in total. The second-order valence-corrected chi connectivity index (χ2v) is 14.4. The number of ether oxygens (including phenoxy) is 3. The molecule has 57 heavy (non-hydrogen) atoms. The monoisotopic (exact) mass is 776 g/mol. The Bertz CT molecular complexity index is 2380. The van der Waals surface area contributed by atoms with E-state index >= 15 is 0 Å². The van der Waals surface area contributed by atoms with Gasteiger partial charge < -0.3 is 30.0 Å². The van der Waals surface area contributed by atoms with Crippen LogP contribution >= 0.6 is 11.8 Å². The molecule has 2 heterocycles. The van der Waals surface area contributed by atoms with Crippen LogP contribution in [0.1, 0.15) is 41.1 Å². The lowest BCUT2D eigenvalue weighted by atomic mass is 9.99. The van der Waals surface area contributed by atoms with Crippen molar-refractivity contribution in [2.75, 3.05) is 11.1 Å². The summed E-state index contributed by atoms with van der Waals surface area (Å²) in [5.74, 6) is 2.03. The Morgan fingerprint density at radius 1 is 0.754 bits per heavy atom. The molecule has 1 aliphatic heterocycles. The minimum absolute atomic E-state index is 0.0231. The molecule has 0 aliphatic carbocycles. The molecule has 7 aromatic rings. The Labute approximate surface area is 334 Å². The molecule has 3 N–H and O–H groups in total. The smallest absolute Gasteiger partial charge is 0.319 e. The first-order valence-corrected chi connectivity index (χ1v) is 19.6. The number of hydrogen-bond donors (Lipinski definition) is 3. The van der Waals surface area contributed by atoms with E-state index in [1.165, 1.54) is 11.8 Å². The van der Waals surface area contributed by atoms with Crippen LogP contribution in [0.3, 0.4) is 0 Å². The quantitative estimate of drug-likeness (QED) is 0.0981.